The first kappa shape index (κ1) is 7.88. The maximum atomic E-state index is 9.14. The number of hydrogen-bond donors (Lipinski definition) is 2. The van der Waals surface area contributed by atoms with Gasteiger partial charge in [-0.25, -0.2) is 0 Å². The Morgan fingerprint density at radius 3 is 2.73 bits per heavy atom. The van der Waals surface area contributed by atoms with Crippen LogP contribution in [0.5, 0.6) is 5.75 Å². The summed E-state index contributed by atoms with van der Waals surface area (Å²) in [4.78, 5) is 0. The fourth-order valence-electron chi connectivity index (χ4n) is 0.711. The van der Waals surface area contributed by atoms with Crippen LogP contribution in [0.25, 0.3) is 0 Å². The molecular formula is C7H6ClNO2. The molecule has 0 aliphatic heterocycles. The van der Waals surface area contributed by atoms with Crippen LogP contribution in [0, 0.1) is 0 Å². The summed E-state index contributed by atoms with van der Waals surface area (Å²) in [5.41, 5.74) is 0.316. The van der Waals surface area contributed by atoms with E-state index in [4.69, 9.17) is 21.9 Å². The Hall–Kier alpha value is -1.22. The number of phenols is 1. The summed E-state index contributed by atoms with van der Waals surface area (Å²) in [6, 6.07) is 4.66. The Morgan fingerprint density at radius 2 is 2.18 bits per heavy atom. The summed E-state index contributed by atoms with van der Waals surface area (Å²) >= 11 is 5.65. The Morgan fingerprint density at radius 1 is 1.45 bits per heavy atom. The number of nitrogens with zero attached hydrogens (tertiary/aromatic N) is 1. The summed E-state index contributed by atoms with van der Waals surface area (Å²) in [6.45, 7) is 0. The van der Waals surface area contributed by atoms with Crippen molar-refractivity contribution in [2.75, 3.05) is 0 Å². The first-order valence-corrected chi connectivity index (χ1v) is 3.28. The highest BCUT2D eigenvalue weighted by atomic mass is 35.5. The van der Waals surface area contributed by atoms with Crippen molar-refractivity contribution < 1.29 is 10.3 Å². The van der Waals surface area contributed by atoms with Crippen LogP contribution in [0.15, 0.2) is 23.4 Å². The Kier molecular flexibility index (Phi) is 2.33. The molecule has 58 valence electrons. The average Bonchev–Trinajstić information content (AvgIpc) is 1.97. The molecule has 11 heavy (non-hydrogen) atoms. The number of benzene rings is 1. The average molecular weight is 172 g/mol. The van der Waals surface area contributed by atoms with Crippen molar-refractivity contribution in [2.24, 2.45) is 5.16 Å². The molecule has 0 aliphatic carbocycles. The molecule has 0 radical (unpaired) electrons. The predicted molar refractivity (Wildman–Crippen MR) is 42.5 cm³/mol. The second-order valence-electron chi connectivity index (χ2n) is 1.92. The monoisotopic (exact) mass is 171 g/mol. The molecule has 0 spiro atoms. The van der Waals surface area contributed by atoms with E-state index in [2.05, 4.69) is 5.16 Å². The van der Waals surface area contributed by atoms with Gasteiger partial charge in [0.15, 0.2) is 0 Å². The highest BCUT2D eigenvalue weighted by molar-refractivity contribution is 6.33. The van der Waals surface area contributed by atoms with Crippen molar-refractivity contribution >= 4 is 17.8 Å². The van der Waals surface area contributed by atoms with Crippen LogP contribution >= 0.6 is 11.6 Å². The minimum atomic E-state index is -0.00435. The van der Waals surface area contributed by atoms with Crippen LogP contribution < -0.4 is 0 Å². The predicted octanol–water partition coefficient (Wildman–Crippen LogP) is 1.85. The van der Waals surface area contributed by atoms with Crippen LogP contribution in [-0.4, -0.2) is 16.5 Å². The molecule has 1 aromatic rings. The molecule has 1 aromatic carbocycles. The fraction of sp³-hybridized carbons (Fsp3) is 0. The lowest BCUT2D eigenvalue weighted by Crippen LogP contribution is -1.83. The zero-order chi connectivity index (χ0) is 8.27. The lowest BCUT2D eigenvalue weighted by molar-refractivity contribution is 0.321. The molecule has 1 rings (SSSR count). The molecule has 0 fully saturated rings. The molecule has 0 heterocycles. The minimum Gasteiger partial charge on any atom is -0.507 e. The van der Waals surface area contributed by atoms with E-state index in [0.717, 1.165) is 6.21 Å². The van der Waals surface area contributed by atoms with Gasteiger partial charge in [0.05, 0.1) is 16.8 Å². The van der Waals surface area contributed by atoms with Gasteiger partial charge in [0.1, 0.15) is 5.75 Å². The molecule has 0 amide bonds. The summed E-state index contributed by atoms with van der Waals surface area (Å²) in [5, 5.41) is 20.4. The van der Waals surface area contributed by atoms with E-state index in [1.54, 1.807) is 12.1 Å². The molecule has 3 nitrogen and oxygen atoms in total. The van der Waals surface area contributed by atoms with E-state index in [-0.39, 0.29) is 5.75 Å². The summed E-state index contributed by atoms with van der Waals surface area (Å²) in [5.74, 6) is -0.00435. The van der Waals surface area contributed by atoms with Gasteiger partial charge in [0, 0.05) is 0 Å². The second kappa shape index (κ2) is 3.25. The first-order valence-electron chi connectivity index (χ1n) is 2.90. The molecule has 2 N–H and O–H groups in total. The molecule has 0 unspecified atom stereocenters. The molecule has 0 atom stereocenters. The van der Waals surface area contributed by atoms with Crippen molar-refractivity contribution in [1.29, 1.82) is 0 Å². The quantitative estimate of drug-likeness (QED) is 0.385. The Balaban J connectivity index is 3.20. The molecule has 0 saturated carbocycles. The third kappa shape index (κ3) is 1.62. The number of oxime groups is 1. The van der Waals surface area contributed by atoms with E-state index in [9.17, 15) is 0 Å². The molecule has 4 heteroatoms. The summed E-state index contributed by atoms with van der Waals surface area (Å²) in [6.07, 6.45) is 1.08. The Bertz CT molecular complexity index is 266. The topological polar surface area (TPSA) is 52.8 Å². The zero-order valence-corrected chi connectivity index (χ0v) is 6.28. The second-order valence-corrected chi connectivity index (χ2v) is 2.32. The van der Waals surface area contributed by atoms with E-state index in [1.165, 1.54) is 6.07 Å². The largest absolute Gasteiger partial charge is 0.507 e. The zero-order valence-electron chi connectivity index (χ0n) is 5.53. The standard InChI is InChI=1S/C7H6ClNO2/c8-6-2-1-3-7(10)5(6)4-9-11/h1-4,10-11H/b9-4+. The molecule has 0 saturated heterocycles. The van der Waals surface area contributed by atoms with Crippen LogP contribution in [0.4, 0.5) is 0 Å². The minimum absolute atomic E-state index is 0.00435. The fourth-order valence-corrected chi connectivity index (χ4v) is 0.930. The first-order chi connectivity index (χ1) is 5.25. The molecule has 0 aliphatic rings. The molecule has 0 aromatic heterocycles. The maximum absolute atomic E-state index is 9.14. The van der Waals surface area contributed by atoms with Crippen molar-refractivity contribution in [2.45, 2.75) is 0 Å². The van der Waals surface area contributed by atoms with Crippen LogP contribution in [0.3, 0.4) is 0 Å². The number of rotatable bonds is 1. The van der Waals surface area contributed by atoms with Crippen LogP contribution in [0.2, 0.25) is 5.02 Å². The SMILES string of the molecule is O/N=C/c1c(O)cccc1Cl. The van der Waals surface area contributed by atoms with Gasteiger partial charge >= 0.3 is 0 Å². The lowest BCUT2D eigenvalue weighted by Gasteiger charge is -1.98. The van der Waals surface area contributed by atoms with Gasteiger partial charge in [-0.1, -0.05) is 22.8 Å². The molecular weight excluding hydrogens is 166 g/mol. The molecule has 0 bridgehead atoms. The van der Waals surface area contributed by atoms with E-state index >= 15 is 0 Å². The summed E-state index contributed by atoms with van der Waals surface area (Å²) < 4.78 is 0. The van der Waals surface area contributed by atoms with Gasteiger partial charge in [-0.05, 0) is 12.1 Å². The van der Waals surface area contributed by atoms with Gasteiger partial charge in [0.2, 0.25) is 0 Å². The smallest absolute Gasteiger partial charge is 0.125 e. The van der Waals surface area contributed by atoms with Gasteiger partial charge in [0.25, 0.3) is 0 Å². The van der Waals surface area contributed by atoms with Gasteiger partial charge in [-0.3, -0.25) is 0 Å². The highest BCUT2D eigenvalue weighted by Gasteiger charge is 2.01. The number of aromatic hydroxyl groups is 1. The van der Waals surface area contributed by atoms with E-state index in [0.29, 0.717) is 10.6 Å². The third-order valence-corrected chi connectivity index (χ3v) is 1.55. The van der Waals surface area contributed by atoms with Crippen LogP contribution in [-0.2, 0) is 0 Å². The van der Waals surface area contributed by atoms with Crippen molar-refractivity contribution in [3.05, 3.63) is 28.8 Å². The van der Waals surface area contributed by atoms with Crippen molar-refractivity contribution in [1.82, 2.24) is 0 Å². The van der Waals surface area contributed by atoms with Gasteiger partial charge in [-0.2, -0.15) is 0 Å². The number of phenolic OH excluding ortho intramolecular Hbond substituents is 1. The van der Waals surface area contributed by atoms with Gasteiger partial charge in [-0.15, -0.1) is 0 Å². The highest BCUT2D eigenvalue weighted by Crippen LogP contribution is 2.22. The van der Waals surface area contributed by atoms with Crippen molar-refractivity contribution in [3.63, 3.8) is 0 Å². The van der Waals surface area contributed by atoms with E-state index in [1.807, 2.05) is 0 Å². The number of hydrogen-bond acceptors (Lipinski definition) is 3. The summed E-state index contributed by atoms with van der Waals surface area (Å²) in [7, 11) is 0. The Labute approximate surface area is 68.5 Å². The normalized spacial score (nSPS) is 10.6. The third-order valence-electron chi connectivity index (χ3n) is 1.22. The maximum Gasteiger partial charge on any atom is 0.125 e. The number of halogens is 1. The van der Waals surface area contributed by atoms with Crippen LogP contribution in [0.1, 0.15) is 5.56 Å². The van der Waals surface area contributed by atoms with E-state index < -0.39 is 0 Å². The van der Waals surface area contributed by atoms with Gasteiger partial charge < -0.3 is 10.3 Å². The van der Waals surface area contributed by atoms with Crippen molar-refractivity contribution in [3.8, 4) is 5.75 Å². The lowest BCUT2D eigenvalue weighted by atomic mass is 10.2.